The molecule has 1 amide bonds. The maximum absolute atomic E-state index is 12.9. The number of nitrogens with one attached hydrogen (secondary N) is 2. The zero-order valence-electron chi connectivity index (χ0n) is 10.6. The fourth-order valence-electron chi connectivity index (χ4n) is 1.84. The lowest BCUT2D eigenvalue weighted by Gasteiger charge is -2.35. The molecule has 9 heteroatoms. The van der Waals surface area contributed by atoms with Crippen molar-refractivity contribution in [3.8, 4) is 0 Å². The second kappa shape index (κ2) is 8.57. The summed E-state index contributed by atoms with van der Waals surface area (Å²) in [6, 6.07) is -1.64. The number of piperazine rings is 1. The highest BCUT2D eigenvalue weighted by atomic mass is 35.5. The molecule has 0 radical (unpaired) electrons. The van der Waals surface area contributed by atoms with E-state index in [1.807, 2.05) is 0 Å². The number of halogens is 4. The Morgan fingerprint density at radius 2 is 2.00 bits per heavy atom. The number of hydrogen-bond acceptors (Lipinski definition) is 4. The lowest BCUT2D eigenvalue weighted by Crippen LogP contribution is -2.57. The van der Waals surface area contributed by atoms with E-state index < -0.39 is 24.7 Å². The Morgan fingerprint density at radius 1 is 1.42 bits per heavy atom. The van der Waals surface area contributed by atoms with Crippen LogP contribution in [0.5, 0.6) is 0 Å². The minimum Gasteiger partial charge on any atom is -0.375 e. The van der Waals surface area contributed by atoms with Gasteiger partial charge in [0.2, 0.25) is 5.91 Å². The fourth-order valence-corrected chi connectivity index (χ4v) is 1.84. The van der Waals surface area contributed by atoms with Crippen LogP contribution in [0.2, 0.25) is 0 Å². The average molecular weight is 306 g/mol. The molecule has 1 aliphatic rings. The normalized spacial score (nSPS) is 18.5. The minimum absolute atomic E-state index is 0. The molecule has 1 aliphatic heterocycles. The van der Waals surface area contributed by atoms with Crippen molar-refractivity contribution in [2.45, 2.75) is 12.2 Å². The Labute approximate surface area is 116 Å². The highest BCUT2D eigenvalue weighted by Gasteiger charge is 2.43. The van der Waals surface area contributed by atoms with Crippen molar-refractivity contribution < 1.29 is 22.7 Å². The summed E-state index contributed by atoms with van der Waals surface area (Å²) in [7, 11) is 1.32. The van der Waals surface area contributed by atoms with E-state index in [9.17, 15) is 18.0 Å². The summed E-state index contributed by atoms with van der Waals surface area (Å²) in [5, 5.41) is 5.23. The predicted octanol–water partition coefficient (Wildman–Crippen LogP) is 0.00690. The highest BCUT2D eigenvalue weighted by Crippen LogP contribution is 2.24. The lowest BCUT2D eigenvalue weighted by atomic mass is 10.2. The summed E-state index contributed by atoms with van der Waals surface area (Å²) >= 11 is 0. The third kappa shape index (κ3) is 6.42. The SMILES string of the molecule is COCC(=O)NCC(N1CCNCC1)C(F)(F)F.Cl. The maximum atomic E-state index is 12.9. The van der Waals surface area contributed by atoms with Gasteiger partial charge >= 0.3 is 6.18 Å². The zero-order chi connectivity index (χ0) is 13.6. The van der Waals surface area contributed by atoms with E-state index >= 15 is 0 Å². The Hall–Kier alpha value is -0.570. The van der Waals surface area contributed by atoms with Crippen molar-refractivity contribution in [1.82, 2.24) is 15.5 Å². The first kappa shape index (κ1) is 18.4. The molecule has 0 aliphatic carbocycles. The van der Waals surface area contributed by atoms with Gasteiger partial charge in [-0.15, -0.1) is 12.4 Å². The molecule has 1 unspecified atom stereocenters. The minimum atomic E-state index is -4.35. The van der Waals surface area contributed by atoms with Gasteiger partial charge < -0.3 is 15.4 Å². The number of methoxy groups -OCH3 is 1. The summed E-state index contributed by atoms with van der Waals surface area (Å²) in [4.78, 5) is 12.5. The molecule has 2 N–H and O–H groups in total. The summed E-state index contributed by atoms with van der Waals surface area (Å²) in [6.45, 7) is 1.03. The average Bonchev–Trinajstić information content (AvgIpc) is 2.29. The number of ether oxygens (including phenoxy) is 1. The lowest BCUT2D eigenvalue weighted by molar-refractivity contribution is -0.184. The van der Waals surface area contributed by atoms with E-state index in [1.54, 1.807) is 0 Å². The molecule has 5 nitrogen and oxygen atoms in total. The van der Waals surface area contributed by atoms with E-state index in [2.05, 4.69) is 15.4 Å². The molecule has 19 heavy (non-hydrogen) atoms. The van der Waals surface area contributed by atoms with Crippen LogP contribution < -0.4 is 10.6 Å². The Bertz CT molecular complexity index is 273. The first-order valence-corrected chi connectivity index (χ1v) is 5.72. The van der Waals surface area contributed by atoms with Crippen molar-refractivity contribution in [3.63, 3.8) is 0 Å². The Kier molecular flexibility index (Phi) is 8.31. The third-order valence-electron chi connectivity index (χ3n) is 2.74. The van der Waals surface area contributed by atoms with Crippen LogP contribution >= 0.6 is 12.4 Å². The van der Waals surface area contributed by atoms with E-state index in [0.29, 0.717) is 26.2 Å². The van der Waals surface area contributed by atoms with Crippen LogP contribution in [0.15, 0.2) is 0 Å². The summed E-state index contributed by atoms with van der Waals surface area (Å²) < 4.78 is 43.2. The molecule has 1 heterocycles. The molecule has 1 saturated heterocycles. The second-order valence-corrected chi connectivity index (χ2v) is 4.08. The van der Waals surface area contributed by atoms with Crippen molar-refractivity contribution in [3.05, 3.63) is 0 Å². The quantitative estimate of drug-likeness (QED) is 0.751. The van der Waals surface area contributed by atoms with Crippen LogP contribution in [0, 0.1) is 0 Å². The maximum Gasteiger partial charge on any atom is 0.405 e. The summed E-state index contributed by atoms with van der Waals surface area (Å²) in [5.74, 6) is -0.540. The monoisotopic (exact) mass is 305 g/mol. The number of hydrogen-bond donors (Lipinski definition) is 2. The number of carbonyl (C=O) groups is 1. The molecule has 1 rings (SSSR count). The molecule has 0 aromatic rings. The molecular weight excluding hydrogens is 287 g/mol. The molecule has 0 aromatic carbocycles. The molecule has 114 valence electrons. The first-order chi connectivity index (χ1) is 8.45. The summed E-state index contributed by atoms with van der Waals surface area (Å²) in [5.41, 5.74) is 0. The topological polar surface area (TPSA) is 53.6 Å². The van der Waals surface area contributed by atoms with Crippen molar-refractivity contribution in [2.24, 2.45) is 0 Å². The number of alkyl halides is 3. The third-order valence-corrected chi connectivity index (χ3v) is 2.74. The van der Waals surface area contributed by atoms with E-state index in [-0.39, 0.29) is 19.0 Å². The van der Waals surface area contributed by atoms with Crippen molar-refractivity contribution >= 4 is 18.3 Å². The molecule has 1 fully saturated rings. The van der Waals surface area contributed by atoms with E-state index in [1.165, 1.54) is 12.0 Å². The van der Waals surface area contributed by atoms with Crippen LogP contribution in [-0.2, 0) is 9.53 Å². The van der Waals surface area contributed by atoms with Gasteiger partial charge in [-0.05, 0) is 0 Å². The van der Waals surface area contributed by atoms with E-state index in [0.717, 1.165) is 0 Å². The van der Waals surface area contributed by atoms with Gasteiger partial charge in [-0.2, -0.15) is 13.2 Å². The Balaban J connectivity index is 0.00000324. The molecule has 1 atom stereocenters. The number of amides is 1. The van der Waals surface area contributed by atoms with Gasteiger partial charge in [0.25, 0.3) is 0 Å². The molecule has 0 spiro atoms. The fraction of sp³-hybridized carbons (Fsp3) is 0.900. The van der Waals surface area contributed by atoms with Gasteiger partial charge in [0, 0.05) is 39.8 Å². The van der Waals surface area contributed by atoms with Crippen LogP contribution in [0.3, 0.4) is 0 Å². The van der Waals surface area contributed by atoms with Gasteiger partial charge in [-0.3, -0.25) is 9.69 Å². The smallest absolute Gasteiger partial charge is 0.375 e. The Morgan fingerprint density at radius 3 is 2.47 bits per heavy atom. The van der Waals surface area contributed by atoms with Crippen LogP contribution in [0.1, 0.15) is 0 Å². The number of rotatable bonds is 5. The number of carbonyl (C=O) groups excluding carboxylic acids is 1. The first-order valence-electron chi connectivity index (χ1n) is 5.72. The van der Waals surface area contributed by atoms with Crippen LogP contribution in [0.25, 0.3) is 0 Å². The van der Waals surface area contributed by atoms with E-state index in [4.69, 9.17) is 0 Å². The molecule has 0 bridgehead atoms. The summed E-state index contributed by atoms with van der Waals surface area (Å²) in [6.07, 6.45) is -4.35. The second-order valence-electron chi connectivity index (χ2n) is 4.08. The van der Waals surface area contributed by atoms with Gasteiger partial charge in [-0.1, -0.05) is 0 Å². The molecular formula is C10H19ClF3N3O2. The standard InChI is InChI=1S/C10H18F3N3O2.ClH/c1-18-7-9(17)15-6-8(10(11,12)13)16-4-2-14-3-5-16;/h8,14H,2-7H2,1H3,(H,15,17);1H. The number of nitrogens with zero attached hydrogens (tertiary/aromatic N) is 1. The van der Waals surface area contributed by atoms with Crippen LogP contribution in [0.4, 0.5) is 13.2 Å². The van der Waals surface area contributed by atoms with Gasteiger partial charge in [0.15, 0.2) is 0 Å². The van der Waals surface area contributed by atoms with Gasteiger partial charge in [0.1, 0.15) is 12.6 Å². The zero-order valence-corrected chi connectivity index (χ0v) is 11.4. The van der Waals surface area contributed by atoms with Crippen molar-refractivity contribution in [1.29, 1.82) is 0 Å². The largest absolute Gasteiger partial charge is 0.405 e. The van der Waals surface area contributed by atoms with Crippen molar-refractivity contribution in [2.75, 3.05) is 46.4 Å². The van der Waals surface area contributed by atoms with Gasteiger partial charge in [0.05, 0.1) is 0 Å². The van der Waals surface area contributed by atoms with Crippen LogP contribution in [-0.4, -0.2) is 69.5 Å². The molecule has 0 aromatic heterocycles. The molecule has 0 saturated carbocycles. The van der Waals surface area contributed by atoms with Gasteiger partial charge in [-0.25, -0.2) is 0 Å². The predicted molar refractivity (Wildman–Crippen MR) is 66.4 cm³/mol. The highest BCUT2D eigenvalue weighted by molar-refractivity contribution is 5.85.